The third kappa shape index (κ3) is 5.07. The summed E-state index contributed by atoms with van der Waals surface area (Å²) >= 11 is 0. The van der Waals surface area contributed by atoms with E-state index in [2.05, 4.69) is 230 Å². The van der Waals surface area contributed by atoms with Crippen molar-refractivity contribution in [2.24, 2.45) is 0 Å². The number of rotatable bonds is 6. The fourth-order valence-corrected chi connectivity index (χ4v) is 15.2. The second-order valence-corrected chi connectivity index (χ2v) is 20.5. The summed E-state index contributed by atoms with van der Waals surface area (Å²) in [5.41, 5.74) is 9.57. The highest BCUT2D eigenvalue weighted by molar-refractivity contribution is 7.13. The van der Waals surface area contributed by atoms with Crippen LogP contribution in [-0.2, 0) is 0 Å². The minimum absolute atomic E-state index is 0.0313. The largest absolute Gasteiger partial charge is 0.307 e. The van der Waals surface area contributed by atoms with Gasteiger partial charge in [0.1, 0.15) is 0 Å². The molecule has 0 saturated carbocycles. The van der Waals surface area contributed by atoms with Crippen LogP contribution < -0.4 is 15.6 Å². The monoisotopic (exact) mass is 722 g/mol. The maximum absolute atomic E-state index is 2.62. The van der Waals surface area contributed by atoms with Crippen LogP contribution in [0.2, 0.25) is 5.04 Å². The molecule has 0 fully saturated rings. The van der Waals surface area contributed by atoms with E-state index in [-0.39, 0.29) is 5.04 Å². The lowest BCUT2D eigenvalue weighted by Crippen LogP contribution is -2.72. The molecule has 264 valence electrons. The van der Waals surface area contributed by atoms with Gasteiger partial charge in [0.15, 0.2) is 8.07 Å². The van der Waals surface area contributed by atoms with Crippen LogP contribution in [0.1, 0.15) is 20.8 Å². The average molecular weight is 723 g/mol. The normalized spacial score (nSPS) is 12.3. The van der Waals surface area contributed by atoms with Crippen LogP contribution in [0.15, 0.2) is 200 Å². The molecule has 0 unspecified atom stereocenters. The molecule has 0 spiro atoms. The Kier molecular flexibility index (Phi) is 7.76. The summed E-state index contributed by atoms with van der Waals surface area (Å²) in [6.07, 6.45) is 0. The molecule has 0 amide bonds. The van der Waals surface area contributed by atoms with E-state index in [0.29, 0.717) is 0 Å². The van der Waals surface area contributed by atoms with Gasteiger partial charge in [-0.1, -0.05) is 185 Å². The lowest BCUT2D eigenvalue weighted by molar-refractivity contribution is 0.739. The number of nitrogens with zero attached hydrogens (tertiary/aromatic N) is 2. The molecule has 3 heteroatoms. The summed E-state index contributed by atoms with van der Waals surface area (Å²) in [5.74, 6) is 0. The maximum Gasteiger partial charge on any atom is 0.153 e. The zero-order valence-corrected chi connectivity index (χ0v) is 32.4. The van der Waals surface area contributed by atoms with Gasteiger partial charge in [-0.3, -0.25) is 0 Å². The van der Waals surface area contributed by atoms with Crippen molar-refractivity contribution in [1.82, 2.24) is 9.13 Å². The van der Waals surface area contributed by atoms with Crippen molar-refractivity contribution in [3.05, 3.63) is 200 Å². The van der Waals surface area contributed by atoms with Gasteiger partial charge in [-0.15, -0.1) is 0 Å². The highest BCUT2D eigenvalue weighted by Gasteiger charge is 2.49. The minimum Gasteiger partial charge on any atom is -0.307 e. The minimum atomic E-state index is -2.62. The summed E-state index contributed by atoms with van der Waals surface area (Å²) in [4.78, 5) is 0. The van der Waals surface area contributed by atoms with E-state index in [1.54, 1.807) is 0 Å². The van der Waals surface area contributed by atoms with E-state index < -0.39 is 8.07 Å². The number of aromatic nitrogens is 2. The molecule has 8 aromatic carbocycles. The first-order valence-electron chi connectivity index (χ1n) is 19.3. The van der Waals surface area contributed by atoms with Crippen molar-refractivity contribution in [3.63, 3.8) is 0 Å². The Balaban J connectivity index is 1.32. The van der Waals surface area contributed by atoms with Gasteiger partial charge in [-0.2, -0.15) is 0 Å². The van der Waals surface area contributed by atoms with E-state index in [1.165, 1.54) is 76.0 Å². The first kappa shape index (κ1) is 33.2. The van der Waals surface area contributed by atoms with Crippen molar-refractivity contribution >= 4 is 67.2 Å². The Hall–Kier alpha value is -6.42. The van der Waals surface area contributed by atoms with Crippen molar-refractivity contribution in [2.75, 3.05) is 0 Å². The predicted octanol–water partition coefficient (Wildman–Crippen LogP) is 11.8. The van der Waals surface area contributed by atoms with Crippen molar-refractivity contribution in [2.45, 2.75) is 25.8 Å². The van der Waals surface area contributed by atoms with Gasteiger partial charge in [-0.25, -0.2) is 0 Å². The Morgan fingerprint density at radius 2 is 0.873 bits per heavy atom. The van der Waals surface area contributed by atoms with E-state index in [0.717, 1.165) is 5.69 Å². The predicted molar refractivity (Wildman–Crippen MR) is 238 cm³/mol. The summed E-state index contributed by atoms with van der Waals surface area (Å²) in [5, 5.41) is 9.26. The molecule has 0 atom stereocenters. The number of fused-ring (bicyclic) bond motifs is 6. The zero-order chi connectivity index (χ0) is 37.1. The van der Waals surface area contributed by atoms with Gasteiger partial charge in [0, 0.05) is 27.2 Å². The quantitative estimate of drug-likeness (QED) is 0.119. The third-order valence-electron chi connectivity index (χ3n) is 11.8. The molecule has 0 radical (unpaired) electrons. The number of benzene rings is 8. The van der Waals surface area contributed by atoms with Gasteiger partial charge in [0.05, 0.1) is 27.8 Å². The highest BCUT2D eigenvalue weighted by Crippen LogP contribution is 2.41. The maximum atomic E-state index is 2.55. The first-order chi connectivity index (χ1) is 26.9. The standard InChI is InChI=1S/C52H42N2Si/c1-52(2,3)55(40-23-9-5-10-24-40,41-25-11-6-12-26-41)42-33-34-45-43-27-13-16-31-48(43)54(50(45)36-42)49-32-18-29-46-44-28-14-15-30-47(44)53(51(46)49)39-22-17-21-38(35-39)37-19-7-4-8-20-37/h4-36H,1-3H3. The van der Waals surface area contributed by atoms with Crippen LogP contribution in [0, 0.1) is 0 Å². The summed E-state index contributed by atoms with van der Waals surface area (Å²) in [7, 11) is -2.62. The van der Waals surface area contributed by atoms with Crippen LogP contribution in [0.25, 0.3) is 66.1 Å². The number of hydrogen-bond acceptors (Lipinski definition) is 0. The number of para-hydroxylation sites is 3. The fourth-order valence-electron chi connectivity index (χ4n) is 9.54. The van der Waals surface area contributed by atoms with Crippen LogP contribution >= 0.6 is 0 Å². The van der Waals surface area contributed by atoms with Crippen LogP contribution in [0.4, 0.5) is 0 Å². The Morgan fingerprint density at radius 3 is 1.53 bits per heavy atom. The molecular weight excluding hydrogens is 681 g/mol. The van der Waals surface area contributed by atoms with Crippen LogP contribution in [0.5, 0.6) is 0 Å². The molecule has 0 aliphatic rings. The first-order valence-corrected chi connectivity index (χ1v) is 21.3. The SMILES string of the molecule is CC(C)(C)[Si](c1ccccc1)(c1ccccc1)c1ccc2c3ccccc3n(-c3cccc4c5ccccc5n(-c5cccc(-c6ccccc6)c5)c34)c2c1. The Bertz CT molecular complexity index is 2960. The summed E-state index contributed by atoms with van der Waals surface area (Å²) in [6.45, 7) is 7.34. The van der Waals surface area contributed by atoms with Gasteiger partial charge >= 0.3 is 0 Å². The molecule has 2 heterocycles. The van der Waals surface area contributed by atoms with Gasteiger partial charge in [0.25, 0.3) is 0 Å². The lowest BCUT2D eigenvalue weighted by atomic mass is 10.1. The molecule has 55 heavy (non-hydrogen) atoms. The van der Waals surface area contributed by atoms with Gasteiger partial charge in [-0.05, 0) is 68.1 Å². The molecule has 0 aliphatic heterocycles. The van der Waals surface area contributed by atoms with Crippen LogP contribution in [0.3, 0.4) is 0 Å². The summed E-state index contributed by atoms with van der Waals surface area (Å²) in [6, 6.07) is 74.4. The van der Waals surface area contributed by atoms with Gasteiger partial charge in [0.2, 0.25) is 0 Å². The lowest BCUT2D eigenvalue weighted by Gasteiger charge is -2.44. The zero-order valence-electron chi connectivity index (χ0n) is 31.4. The topological polar surface area (TPSA) is 9.86 Å². The van der Waals surface area contributed by atoms with Crippen molar-refractivity contribution < 1.29 is 0 Å². The van der Waals surface area contributed by atoms with Crippen LogP contribution in [-0.4, -0.2) is 17.2 Å². The summed E-state index contributed by atoms with van der Waals surface area (Å²) < 4.78 is 5.03. The van der Waals surface area contributed by atoms with E-state index in [4.69, 9.17) is 0 Å². The highest BCUT2D eigenvalue weighted by atomic mass is 28.3. The molecule has 10 aromatic rings. The third-order valence-corrected chi connectivity index (χ3v) is 17.6. The smallest absolute Gasteiger partial charge is 0.153 e. The molecule has 2 nitrogen and oxygen atoms in total. The van der Waals surface area contributed by atoms with E-state index in [9.17, 15) is 0 Å². The second kappa shape index (κ2) is 12.9. The average Bonchev–Trinajstić information content (AvgIpc) is 3.75. The Morgan fingerprint density at radius 1 is 0.364 bits per heavy atom. The molecule has 2 aromatic heterocycles. The molecule has 0 saturated heterocycles. The molecule has 0 aliphatic carbocycles. The molecule has 10 rings (SSSR count). The molecule has 0 bridgehead atoms. The van der Waals surface area contributed by atoms with Crippen molar-refractivity contribution in [3.8, 4) is 22.5 Å². The van der Waals surface area contributed by atoms with Gasteiger partial charge < -0.3 is 9.13 Å². The molecular formula is C52H42N2Si. The van der Waals surface area contributed by atoms with Crippen molar-refractivity contribution in [1.29, 1.82) is 0 Å². The Labute approximate surface area is 323 Å². The molecule has 0 N–H and O–H groups in total. The second-order valence-electron chi connectivity index (χ2n) is 15.8. The number of hydrogen-bond donors (Lipinski definition) is 0. The fraction of sp³-hybridized carbons (Fsp3) is 0.0769. The van der Waals surface area contributed by atoms with E-state index >= 15 is 0 Å². The van der Waals surface area contributed by atoms with E-state index in [1.807, 2.05) is 0 Å².